The lowest BCUT2D eigenvalue weighted by atomic mass is 10.0. The first-order valence-corrected chi connectivity index (χ1v) is 9.13. The van der Waals surface area contributed by atoms with Crippen LogP contribution in [0.1, 0.15) is 30.5 Å². The fourth-order valence-corrected chi connectivity index (χ4v) is 3.34. The number of hydrazone groups is 1. The Bertz CT molecular complexity index is 819. The Balaban J connectivity index is 1.60. The second-order valence-corrected chi connectivity index (χ2v) is 7.32. The summed E-state index contributed by atoms with van der Waals surface area (Å²) in [7, 11) is 0. The number of benzene rings is 2. The molecule has 136 valence electrons. The SMILES string of the molecule is C/C(=N\NC(=O)C1CC(c2ccc(Cl)cc2)NN1)c1cc(Cl)cc(Cl)c1. The van der Waals surface area contributed by atoms with Crippen LogP contribution in [0.15, 0.2) is 47.6 Å². The van der Waals surface area contributed by atoms with Crippen molar-refractivity contribution in [2.75, 3.05) is 0 Å². The third kappa shape index (κ3) is 4.75. The summed E-state index contributed by atoms with van der Waals surface area (Å²) < 4.78 is 0. The summed E-state index contributed by atoms with van der Waals surface area (Å²) >= 11 is 17.9. The van der Waals surface area contributed by atoms with Gasteiger partial charge in [-0.1, -0.05) is 46.9 Å². The molecule has 1 heterocycles. The molecule has 2 atom stereocenters. The first-order valence-electron chi connectivity index (χ1n) is 7.99. The van der Waals surface area contributed by atoms with Crippen molar-refractivity contribution in [3.63, 3.8) is 0 Å². The van der Waals surface area contributed by atoms with E-state index in [0.29, 0.717) is 27.2 Å². The van der Waals surface area contributed by atoms with Crippen LogP contribution in [0.3, 0.4) is 0 Å². The van der Waals surface area contributed by atoms with Crippen LogP contribution in [0.4, 0.5) is 0 Å². The lowest BCUT2D eigenvalue weighted by Crippen LogP contribution is -2.41. The van der Waals surface area contributed by atoms with Gasteiger partial charge in [-0.15, -0.1) is 0 Å². The van der Waals surface area contributed by atoms with Crippen molar-refractivity contribution < 1.29 is 4.79 Å². The maximum atomic E-state index is 12.4. The number of hydrazine groups is 1. The zero-order valence-electron chi connectivity index (χ0n) is 13.9. The molecule has 3 rings (SSSR count). The number of rotatable bonds is 4. The summed E-state index contributed by atoms with van der Waals surface area (Å²) in [5, 5.41) is 5.85. The van der Waals surface area contributed by atoms with Crippen molar-refractivity contribution >= 4 is 46.4 Å². The summed E-state index contributed by atoms with van der Waals surface area (Å²) in [5.41, 5.74) is 11.1. The molecule has 1 fully saturated rings. The van der Waals surface area contributed by atoms with Gasteiger partial charge in [-0.05, 0) is 49.2 Å². The van der Waals surface area contributed by atoms with E-state index in [1.165, 1.54) is 0 Å². The van der Waals surface area contributed by atoms with Gasteiger partial charge in [0.05, 0.1) is 5.71 Å². The van der Waals surface area contributed by atoms with Gasteiger partial charge in [0.15, 0.2) is 0 Å². The minimum Gasteiger partial charge on any atom is -0.271 e. The first-order chi connectivity index (χ1) is 12.4. The van der Waals surface area contributed by atoms with Crippen molar-refractivity contribution in [2.45, 2.75) is 25.4 Å². The molecule has 1 saturated heterocycles. The van der Waals surface area contributed by atoms with E-state index >= 15 is 0 Å². The minimum atomic E-state index is -0.393. The van der Waals surface area contributed by atoms with Crippen LogP contribution in [-0.4, -0.2) is 17.7 Å². The molecular formula is C18H17Cl3N4O. The molecule has 5 nitrogen and oxygen atoms in total. The Hall–Kier alpha value is -1.63. The van der Waals surface area contributed by atoms with Gasteiger partial charge in [-0.2, -0.15) is 5.10 Å². The van der Waals surface area contributed by atoms with Gasteiger partial charge in [0.25, 0.3) is 5.91 Å². The summed E-state index contributed by atoms with van der Waals surface area (Å²) in [6.07, 6.45) is 0.602. The number of carbonyl (C=O) groups excluding carboxylic acids is 1. The molecule has 0 aliphatic carbocycles. The van der Waals surface area contributed by atoms with Crippen molar-refractivity contribution in [3.8, 4) is 0 Å². The van der Waals surface area contributed by atoms with Crippen LogP contribution in [0.2, 0.25) is 15.1 Å². The molecule has 3 N–H and O–H groups in total. The Morgan fingerprint density at radius 2 is 1.69 bits per heavy atom. The Morgan fingerprint density at radius 1 is 1.04 bits per heavy atom. The van der Waals surface area contributed by atoms with Gasteiger partial charge < -0.3 is 0 Å². The fraction of sp³-hybridized carbons (Fsp3) is 0.222. The summed E-state index contributed by atoms with van der Waals surface area (Å²) in [6, 6.07) is 12.3. The van der Waals surface area contributed by atoms with Crippen LogP contribution < -0.4 is 16.3 Å². The maximum Gasteiger partial charge on any atom is 0.258 e. The molecule has 1 aliphatic heterocycles. The van der Waals surface area contributed by atoms with Crippen LogP contribution in [0, 0.1) is 0 Å². The van der Waals surface area contributed by atoms with Crippen molar-refractivity contribution in [1.29, 1.82) is 0 Å². The van der Waals surface area contributed by atoms with Gasteiger partial charge in [0.2, 0.25) is 0 Å². The molecule has 0 aromatic heterocycles. The summed E-state index contributed by atoms with van der Waals surface area (Å²) in [6.45, 7) is 1.78. The van der Waals surface area contributed by atoms with Gasteiger partial charge in [-0.3, -0.25) is 4.79 Å². The third-order valence-electron chi connectivity index (χ3n) is 4.11. The molecule has 1 aliphatic rings. The Morgan fingerprint density at radius 3 is 2.35 bits per heavy atom. The molecule has 2 unspecified atom stereocenters. The van der Waals surface area contributed by atoms with Crippen LogP contribution in [-0.2, 0) is 4.79 Å². The number of amides is 1. The van der Waals surface area contributed by atoms with Gasteiger partial charge in [0.1, 0.15) is 6.04 Å². The molecular weight excluding hydrogens is 395 g/mol. The lowest BCUT2D eigenvalue weighted by molar-refractivity contribution is -0.122. The monoisotopic (exact) mass is 410 g/mol. The molecule has 8 heteroatoms. The predicted octanol–water partition coefficient (Wildman–Crippen LogP) is 4.09. The second kappa shape index (κ2) is 8.37. The number of nitrogens with zero attached hydrogens (tertiary/aromatic N) is 1. The van der Waals surface area contributed by atoms with E-state index in [1.807, 2.05) is 24.3 Å². The predicted molar refractivity (Wildman–Crippen MR) is 106 cm³/mol. The van der Waals surface area contributed by atoms with E-state index in [2.05, 4.69) is 21.4 Å². The number of nitrogens with one attached hydrogen (secondary N) is 3. The van der Waals surface area contributed by atoms with E-state index < -0.39 is 6.04 Å². The van der Waals surface area contributed by atoms with Crippen LogP contribution in [0.5, 0.6) is 0 Å². The highest BCUT2D eigenvalue weighted by Crippen LogP contribution is 2.24. The smallest absolute Gasteiger partial charge is 0.258 e. The second-order valence-electron chi connectivity index (χ2n) is 6.01. The lowest BCUT2D eigenvalue weighted by Gasteiger charge is -2.09. The number of hydrogen-bond donors (Lipinski definition) is 3. The molecule has 0 radical (unpaired) electrons. The highest BCUT2D eigenvalue weighted by atomic mass is 35.5. The normalized spacial score (nSPS) is 20.2. The van der Waals surface area contributed by atoms with Crippen LogP contribution >= 0.6 is 34.8 Å². The average molecular weight is 412 g/mol. The molecule has 1 amide bonds. The minimum absolute atomic E-state index is 0.0276. The fourth-order valence-electron chi connectivity index (χ4n) is 2.69. The van der Waals surface area contributed by atoms with E-state index in [0.717, 1.165) is 11.1 Å². The van der Waals surface area contributed by atoms with E-state index in [1.54, 1.807) is 25.1 Å². The quantitative estimate of drug-likeness (QED) is 0.524. The molecule has 0 spiro atoms. The summed E-state index contributed by atoms with van der Waals surface area (Å²) in [5.74, 6) is -0.221. The highest BCUT2D eigenvalue weighted by molar-refractivity contribution is 6.35. The molecule has 2 aromatic carbocycles. The standard InChI is InChI=1S/C18H17Cl3N4O/c1-10(12-6-14(20)8-15(21)7-12)22-25-18(26)17-9-16(23-24-17)11-2-4-13(19)5-3-11/h2-8,16-17,23-24H,9H2,1H3,(H,25,26)/b22-10+. The third-order valence-corrected chi connectivity index (χ3v) is 4.79. The topological polar surface area (TPSA) is 65.5 Å². The number of carbonyl (C=O) groups is 1. The van der Waals surface area contributed by atoms with Crippen LogP contribution in [0.25, 0.3) is 0 Å². The van der Waals surface area contributed by atoms with E-state index in [4.69, 9.17) is 34.8 Å². The number of halogens is 3. The highest BCUT2D eigenvalue weighted by Gasteiger charge is 2.30. The summed E-state index contributed by atoms with van der Waals surface area (Å²) in [4.78, 5) is 12.4. The van der Waals surface area contributed by atoms with Gasteiger partial charge in [0, 0.05) is 26.7 Å². The Kier molecular flexibility index (Phi) is 6.16. The maximum absolute atomic E-state index is 12.4. The van der Waals surface area contributed by atoms with Gasteiger partial charge in [-0.25, -0.2) is 16.3 Å². The molecule has 0 saturated carbocycles. The number of hydrogen-bond acceptors (Lipinski definition) is 4. The molecule has 26 heavy (non-hydrogen) atoms. The van der Waals surface area contributed by atoms with Crippen molar-refractivity contribution in [2.24, 2.45) is 5.10 Å². The average Bonchev–Trinajstić information content (AvgIpc) is 3.09. The van der Waals surface area contributed by atoms with E-state index in [-0.39, 0.29) is 11.9 Å². The van der Waals surface area contributed by atoms with Gasteiger partial charge >= 0.3 is 0 Å². The zero-order valence-corrected chi connectivity index (χ0v) is 16.2. The van der Waals surface area contributed by atoms with Crippen molar-refractivity contribution in [1.82, 2.24) is 16.3 Å². The zero-order chi connectivity index (χ0) is 18.7. The molecule has 2 aromatic rings. The largest absolute Gasteiger partial charge is 0.271 e. The molecule has 0 bridgehead atoms. The Labute approximate surface area is 166 Å². The van der Waals surface area contributed by atoms with E-state index in [9.17, 15) is 4.79 Å². The first kappa shape index (κ1) is 19.1. The van der Waals surface area contributed by atoms with Crippen molar-refractivity contribution in [3.05, 3.63) is 68.7 Å².